The molecule has 6 heteroatoms. The number of hydrogen-bond acceptors (Lipinski definition) is 3. The number of pyridine rings is 1. The molecule has 0 fully saturated rings. The Morgan fingerprint density at radius 2 is 2.10 bits per heavy atom. The van der Waals surface area contributed by atoms with Crippen molar-refractivity contribution < 1.29 is 14.7 Å². The lowest BCUT2D eigenvalue weighted by molar-refractivity contribution is -0.137. The minimum atomic E-state index is -1.10. The fourth-order valence-electron chi connectivity index (χ4n) is 1.97. The average molecular weight is 305 g/mol. The minimum absolute atomic E-state index is 0.113. The Kier molecular flexibility index (Phi) is 4.55. The molecule has 0 aliphatic carbocycles. The average Bonchev–Trinajstić information content (AvgIpc) is 2.45. The lowest BCUT2D eigenvalue weighted by Crippen LogP contribution is -2.36. The molecule has 0 bridgehead atoms. The third-order valence-electron chi connectivity index (χ3n) is 2.88. The van der Waals surface area contributed by atoms with Gasteiger partial charge in [-0.15, -0.1) is 6.58 Å². The van der Waals surface area contributed by atoms with E-state index in [1.165, 1.54) is 6.08 Å². The maximum atomic E-state index is 12.4. The third kappa shape index (κ3) is 3.38. The lowest BCUT2D eigenvalue weighted by atomic mass is 10.1. The monoisotopic (exact) mass is 304 g/mol. The van der Waals surface area contributed by atoms with Crippen LogP contribution >= 0.6 is 11.6 Å². The van der Waals surface area contributed by atoms with Crippen LogP contribution in [-0.2, 0) is 4.79 Å². The number of amides is 1. The minimum Gasteiger partial charge on any atom is -0.480 e. The van der Waals surface area contributed by atoms with Crippen molar-refractivity contribution in [2.24, 2.45) is 0 Å². The van der Waals surface area contributed by atoms with Crippen molar-refractivity contribution in [3.05, 3.63) is 53.8 Å². The second-order valence-corrected chi connectivity index (χ2v) is 4.75. The summed E-state index contributed by atoms with van der Waals surface area (Å²) in [6.45, 7) is 3.22. The van der Waals surface area contributed by atoms with Gasteiger partial charge in [0.1, 0.15) is 17.4 Å². The van der Waals surface area contributed by atoms with Crippen molar-refractivity contribution >= 4 is 34.2 Å². The van der Waals surface area contributed by atoms with Crippen molar-refractivity contribution in [1.82, 2.24) is 9.88 Å². The Labute approximate surface area is 126 Å². The van der Waals surface area contributed by atoms with E-state index < -0.39 is 18.4 Å². The van der Waals surface area contributed by atoms with E-state index >= 15 is 0 Å². The van der Waals surface area contributed by atoms with Crippen LogP contribution in [-0.4, -0.2) is 40.0 Å². The van der Waals surface area contributed by atoms with Crippen LogP contribution in [0, 0.1) is 0 Å². The van der Waals surface area contributed by atoms with Crippen LogP contribution in [0.3, 0.4) is 0 Å². The molecule has 1 aromatic carbocycles. The molecule has 1 amide bonds. The zero-order chi connectivity index (χ0) is 15.4. The molecule has 0 aliphatic heterocycles. The molecule has 1 aromatic heterocycles. The normalized spacial score (nSPS) is 10.3. The number of fused-ring (bicyclic) bond motifs is 1. The van der Waals surface area contributed by atoms with E-state index in [4.69, 9.17) is 16.7 Å². The van der Waals surface area contributed by atoms with Crippen LogP contribution in [0.25, 0.3) is 10.8 Å². The second-order valence-electron chi connectivity index (χ2n) is 4.39. The van der Waals surface area contributed by atoms with Gasteiger partial charge in [0.05, 0.1) is 0 Å². The first-order valence-corrected chi connectivity index (χ1v) is 6.58. The summed E-state index contributed by atoms with van der Waals surface area (Å²) in [6.07, 6.45) is 1.46. The molecule has 1 heterocycles. The molecule has 0 aliphatic rings. The molecule has 2 rings (SSSR count). The van der Waals surface area contributed by atoms with Gasteiger partial charge in [-0.05, 0) is 11.5 Å². The summed E-state index contributed by atoms with van der Waals surface area (Å²) in [5, 5.41) is 10.6. The number of carboxylic acids is 1. The molecule has 5 nitrogen and oxygen atoms in total. The standard InChI is InChI=1S/C15H13ClN2O3/c1-2-7-18(9-13(19)20)15(21)12-8-10-5-3-4-6-11(10)14(16)17-12/h2-6,8H,1,7,9H2,(H,19,20). The van der Waals surface area contributed by atoms with Gasteiger partial charge in [-0.2, -0.15) is 0 Å². The number of benzene rings is 1. The summed E-state index contributed by atoms with van der Waals surface area (Å²) in [5.41, 5.74) is 0.113. The summed E-state index contributed by atoms with van der Waals surface area (Å²) >= 11 is 6.08. The van der Waals surface area contributed by atoms with Crippen LogP contribution in [0.1, 0.15) is 10.5 Å². The summed E-state index contributed by atoms with van der Waals surface area (Å²) < 4.78 is 0. The van der Waals surface area contributed by atoms with E-state index in [1.54, 1.807) is 12.1 Å². The number of aromatic nitrogens is 1. The van der Waals surface area contributed by atoms with Gasteiger partial charge in [0.15, 0.2) is 0 Å². The molecule has 0 unspecified atom stereocenters. The Morgan fingerprint density at radius 1 is 1.38 bits per heavy atom. The van der Waals surface area contributed by atoms with E-state index in [0.29, 0.717) is 0 Å². The Morgan fingerprint density at radius 3 is 2.76 bits per heavy atom. The van der Waals surface area contributed by atoms with Crippen LogP contribution in [0.4, 0.5) is 0 Å². The highest BCUT2D eigenvalue weighted by atomic mass is 35.5. The maximum Gasteiger partial charge on any atom is 0.323 e. The second kappa shape index (κ2) is 6.37. The van der Waals surface area contributed by atoms with Gasteiger partial charge >= 0.3 is 5.97 Å². The van der Waals surface area contributed by atoms with Gasteiger partial charge in [-0.1, -0.05) is 41.9 Å². The van der Waals surface area contributed by atoms with Crippen molar-refractivity contribution in [3.63, 3.8) is 0 Å². The van der Waals surface area contributed by atoms with Gasteiger partial charge in [-0.3, -0.25) is 9.59 Å². The molecular weight excluding hydrogens is 292 g/mol. The predicted octanol–water partition coefficient (Wildman–Crippen LogP) is 2.60. The van der Waals surface area contributed by atoms with Gasteiger partial charge < -0.3 is 10.0 Å². The first-order chi connectivity index (χ1) is 10.0. The molecule has 0 saturated heterocycles. The Hall–Kier alpha value is -2.40. The Bertz CT molecular complexity index is 715. The number of hydrogen-bond donors (Lipinski definition) is 1. The van der Waals surface area contributed by atoms with Crippen LogP contribution < -0.4 is 0 Å². The highest BCUT2D eigenvalue weighted by Gasteiger charge is 2.19. The number of halogens is 1. The summed E-state index contributed by atoms with van der Waals surface area (Å²) in [6, 6.07) is 8.87. The molecule has 2 aromatic rings. The number of carbonyl (C=O) groups excluding carboxylic acids is 1. The molecule has 0 saturated carbocycles. The van der Waals surface area contributed by atoms with E-state index in [2.05, 4.69) is 11.6 Å². The molecule has 1 N–H and O–H groups in total. The largest absolute Gasteiger partial charge is 0.480 e. The SMILES string of the molecule is C=CCN(CC(=O)O)C(=O)c1cc2ccccc2c(Cl)n1. The Balaban J connectivity index is 2.41. The van der Waals surface area contributed by atoms with E-state index in [-0.39, 0.29) is 17.4 Å². The van der Waals surface area contributed by atoms with E-state index in [1.807, 2.05) is 18.2 Å². The van der Waals surface area contributed by atoms with Gasteiger partial charge in [0.2, 0.25) is 0 Å². The molecular formula is C15H13ClN2O3. The van der Waals surface area contributed by atoms with Crippen molar-refractivity contribution in [3.8, 4) is 0 Å². The van der Waals surface area contributed by atoms with Gasteiger partial charge in [0, 0.05) is 11.9 Å². The topological polar surface area (TPSA) is 70.5 Å². The van der Waals surface area contributed by atoms with Crippen LogP contribution in [0.15, 0.2) is 43.0 Å². The van der Waals surface area contributed by atoms with E-state index in [0.717, 1.165) is 15.7 Å². The van der Waals surface area contributed by atoms with E-state index in [9.17, 15) is 9.59 Å². The van der Waals surface area contributed by atoms with Crippen LogP contribution in [0.2, 0.25) is 5.15 Å². The zero-order valence-electron chi connectivity index (χ0n) is 11.1. The molecule has 0 atom stereocenters. The number of carboxylic acid groups (broad SMARTS) is 1. The molecule has 0 spiro atoms. The highest BCUT2D eigenvalue weighted by Crippen LogP contribution is 2.22. The van der Waals surface area contributed by atoms with Gasteiger partial charge in [0.25, 0.3) is 5.91 Å². The lowest BCUT2D eigenvalue weighted by Gasteiger charge is -2.18. The molecule has 21 heavy (non-hydrogen) atoms. The summed E-state index contributed by atoms with van der Waals surface area (Å²) in [5.74, 6) is -1.60. The molecule has 0 radical (unpaired) electrons. The first kappa shape index (κ1) is 15.0. The maximum absolute atomic E-state index is 12.4. The fraction of sp³-hybridized carbons (Fsp3) is 0.133. The zero-order valence-corrected chi connectivity index (χ0v) is 11.9. The fourth-order valence-corrected chi connectivity index (χ4v) is 2.23. The van der Waals surface area contributed by atoms with Crippen LogP contribution in [0.5, 0.6) is 0 Å². The van der Waals surface area contributed by atoms with Crippen molar-refractivity contribution in [2.45, 2.75) is 0 Å². The third-order valence-corrected chi connectivity index (χ3v) is 3.16. The highest BCUT2D eigenvalue weighted by molar-refractivity contribution is 6.34. The summed E-state index contributed by atoms with van der Waals surface area (Å²) in [4.78, 5) is 28.4. The number of nitrogens with zero attached hydrogens (tertiary/aromatic N) is 2. The van der Waals surface area contributed by atoms with Crippen molar-refractivity contribution in [2.75, 3.05) is 13.1 Å². The number of carbonyl (C=O) groups is 2. The summed E-state index contributed by atoms with van der Waals surface area (Å²) in [7, 11) is 0. The number of rotatable bonds is 5. The molecule has 108 valence electrons. The number of aliphatic carboxylic acids is 1. The quantitative estimate of drug-likeness (QED) is 0.681. The predicted molar refractivity (Wildman–Crippen MR) is 80.5 cm³/mol. The van der Waals surface area contributed by atoms with Crippen molar-refractivity contribution in [1.29, 1.82) is 0 Å². The van der Waals surface area contributed by atoms with Gasteiger partial charge in [-0.25, -0.2) is 4.98 Å². The first-order valence-electron chi connectivity index (χ1n) is 6.20. The smallest absolute Gasteiger partial charge is 0.323 e.